The molecule has 0 fully saturated rings. The van der Waals surface area contributed by atoms with Crippen molar-refractivity contribution in [3.63, 3.8) is 0 Å². The predicted octanol–water partition coefficient (Wildman–Crippen LogP) is 4.17. The van der Waals surface area contributed by atoms with Crippen LogP contribution in [0.1, 0.15) is 18.1 Å². The van der Waals surface area contributed by atoms with E-state index < -0.39 is 33.5 Å². The SMILES string of the molecule is C=C(C)C(=O)OCCOc1ccc(/C(=N/OS(=O)(=O)c2ccccc2C)C(F)(F)F)cc1. The summed E-state index contributed by atoms with van der Waals surface area (Å²) in [7, 11) is -4.55. The summed E-state index contributed by atoms with van der Waals surface area (Å²) in [6.07, 6.45) is -4.99. The van der Waals surface area contributed by atoms with Crippen LogP contribution < -0.4 is 4.74 Å². The summed E-state index contributed by atoms with van der Waals surface area (Å²) in [5.74, 6) is -0.384. The number of ether oxygens (including phenoxy) is 2. The van der Waals surface area contributed by atoms with Gasteiger partial charge in [0.15, 0.2) is 5.71 Å². The van der Waals surface area contributed by atoms with Crippen molar-refractivity contribution in [1.82, 2.24) is 0 Å². The van der Waals surface area contributed by atoms with Gasteiger partial charge in [0, 0.05) is 11.1 Å². The smallest absolute Gasteiger partial charge is 0.437 e. The topological polar surface area (TPSA) is 91.3 Å². The molecule has 2 rings (SSSR count). The van der Waals surface area contributed by atoms with E-state index in [1.54, 1.807) is 6.07 Å². The van der Waals surface area contributed by atoms with Crippen LogP contribution in [-0.2, 0) is 23.9 Å². The summed E-state index contributed by atoms with van der Waals surface area (Å²) in [5, 5.41) is 2.89. The quantitative estimate of drug-likeness (QED) is 0.179. The van der Waals surface area contributed by atoms with Crippen molar-refractivity contribution in [2.24, 2.45) is 5.16 Å². The second-order valence-electron chi connectivity index (χ2n) is 6.52. The van der Waals surface area contributed by atoms with Gasteiger partial charge in [-0.25, -0.2) is 4.79 Å². The molecule has 0 aliphatic carbocycles. The van der Waals surface area contributed by atoms with E-state index in [1.165, 1.54) is 44.2 Å². The number of hydrogen-bond donors (Lipinski definition) is 0. The van der Waals surface area contributed by atoms with E-state index >= 15 is 0 Å². The Kier molecular flexibility index (Phi) is 8.03. The molecule has 0 N–H and O–H groups in total. The molecule has 172 valence electrons. The van der Waals surface area contributed by atoms with Crippen molar-refractivity contribution >= 4 is 21.8 Å². The molecule has 0 aromatic heterocycles. The average molecular weight is 471 g/mol. The van der Waals surface area contributed by atoms with Crippen LogP contribution >= 0.6 is 0 Å². The minimum absolute atomic E-state index is 0.0314. The largest absolute Gasteiger partial charge is 0.490 e. The molecule has 0 unspecified atom stereocenters. The van der Waals surface area contributed by atoms with Gasteiger partial charge in [-0.2, -0.15) is 21.6 Å². The van der Waals surface area contributed by atoms with Crippen LogP contribution in [0.3, 0.4) is 0 Å². The van der Waals surface area contributed by atoms with Gasteiger partial charge in [0.05, 0.1) is 0 Å². The Morgan fingerprint density at radius 2 is 1.69 bits per heavy atom. The van der Waals surface area contributed by atoms with Gasteiger partial charge < -0.3 is 9.47 Å². The molecule has 11 heteroatoms. The minimum atomic E-state index is -4.99. The fraction of sp³-hybridized carbons (Fsp3) is 0.238. The number of benzene rings is 2. The molecular formula is C21H20F3NO6S. The number of oxime groups is 1. The molecule has 0 heterocycles. The third-order valence-electron chi connectivity index (χ3n) is 3.92. The van der Waals surface area contributed by atoms with Crippen LogP contribution in [-0.4, -0.2) is 39.5 Å². The summed E-state index contributed by atoms with van der Waals surface area (Å²) in [4.78, 5) is 11.0. The average Bonchev–Trinajstić information content (AvgIpc) is 2.71. The zero-order valence-corrected chi connectivity index (χ0v) is 18.0. The van der Waals surface area contributed by atoms with Crippen molar-refractivity contribution in [1.29, 1.82) is 0 Å². The van der Waals surface area contributed by atoms with Gasteiger partial charge in [-0.3, -0.25) is 4.28 Å². The van der Waals surface area contributed by atoms with Crippen molar-refractivity contribution in [2.45, 2.75) is 24.9 Å². The Labute approximate surface area is 183 Å². The summed E-state index contributed by atoms with van der Waals surface area (Å²) in [6.45, 7) is 6.27. The van der Waals surface area contributed by atoms with Crippen molar-refractivity contribution in [3.05, 3.63) is 71.8 Å². The maximum Gasteiger partial charge on any atom is 0.437 e. The highest BCUT2D eigenvalue weighted by Crippen LogP contribution is 2.26. The lowest BCUT2D eigenvalue weighted by Crippen LogP contribution is -2.25. The number of halogens is 3. The molecule has 0 atom stereocenters. The summed E-state index contributed by atoms with van der Waals surface area (Å²) in [5.41, 5.74) is -1.44. The van der Waals surface area contributed by atoms with E-state index in [4.69, 9.17) is 9.47 Å². The van der Waals surface area contributed by atoms with E-state index in [0.717, 1.165) is 12.1 Å². The monoisotopic (exact) mass is 471 g/mol. The lowest BCUT2D eigenvalue weighted by molar-refractivity contribution is -0.139. The molecule has 7 nitrogen and oxygen atoms in total. The summed E-state index contributed by atoms with van der Waals surface area (Å²) >= 11 is 0. The number of nitrogens with zero attached hydrogens (tertiary/aromatic N) is 1. The third-order valence-corrected chi connectivity index (χ3v) is 5.19. The fourth-order valence-corrected chi connectivity index (χ4v) is 3.32. The van der Waals surface area contributed by atoms with Crippen LogP contribution in [0.5, 0.6) is 5.75 Å². The lowest BCUT2D eigenvalue weighted by Gasteiger charge is -2.12. The molecule has 0 saturated carbocycles. The van der Waals surface area contributed by atoms with Gasteiger partial charge in [-0.05, 0) is 49.7 Å². The minimum Gasteiger partial charge on any atom is -0.490 e. The van der Waals surface area contributed by atoms with Crippen molar-refractivity contribution < 1.29 is 40.1 Å². The van der Waals surface area contributed by atoms with Crippen LogP contribution in [0.25, 0.3) is 0 Å². The number of rotatable bonds is 9. The Morgan fingerprint density at radius 1 is 1.06 bits per heavy atom. The normalized spacial score (nSPS) is 12.2. The zero-order valence-electron chi connectivity index (χ0n) is 17.2. The van der Waals surface area contributed by atoms with Crippen LogP contribution in [0.2, 0.25) is 0 Å². The summed E-state index contributed by atoms with van der Waals surface area (Å²) in [6, 6.07) is 10.2. The van der Waals surface area contributed by atoms with E-state index in [9.17, 15) is 26.4 Å². The first-order chi connectivity index (χ1) is 14.9. The van der Waals surface area contributed by atoms with E-state index in [2.05, 4.69) is 16.0 Å². The number of aryl methyl sites for hydroxylation is 1. The van der Waals surface area contributed by atoms with Crippen molar-refractivity contribution in [3.8, 4) is 5.75 Å². The predicted molar refractivity (Wildman–Crippen MR) is 110 cm³/mol. The maximum absolute atomic E-state index is 13.5. The molecule has 0 spiro atoms. The number of carbonyl (C=O) groups is 1. The molecule has 32 heavy (non-hydrogen) atoms. The molecular weight excluding hydrogens is 451 g/mol. The van der Waals surface area contributed by atoms with E-state index in [0.29, 0.717) is 5.56 Å². The number of hydrogen-bond acceptors (Lipinski definition) is 7. The molecule has 0 aliphatic rings. The lowest BCUT2D eigenvalue weighted by atomic mass is 10.1. The first-order valence-electron chi connectivity index (χ1n) is 9.12. The second-order valence-corrected chi connectivity index (χ2v) is 8.02. The van der Waals surface area contributed by atoms with E-state index in [1.807, 2.05) is 0 Å². The Bertz CT molecular complexity index is 1110. The zero-order chi connectivity index (χ0) is 23.9. The highest BCUT2D eigenvalue weighted by atomic mass is 32.2. The fourth-order valence-electron chi connectivity index (χ4n) is 2.36. The maximum atomic E-state index is 13.5. The number of alkyl halides is 3. The van der Waals surface area contributed by atoms with Crippen LogP contribution in [0, 0.1) is 6.92 Å². The number of carbonyl (C=O) groups excluding carboxylic acids is 1. The first-order valence-corrected chi connectivity index (χ1v) is 10.5. The Balaban J connectivity index is 2.14. The number of esters is 1. The Morgan fingerprint density at radius 3 is 2.25 bits per heavy atom. The standard InChI is InChI=1S/C21H20F3NO6S/c1-14(2)20(26)30-13-12-29-17-10-8-16(9-11-17)19(21(22,23)24)25-31-32(27,28)18-7-5-4-6-15(18)3/h4-11H,1,12-13H2,2-3H3/b25-19-. The van der Waals surface area contributed by atoms with Gasteiger partial charge in [-0.15, -0.1) is 0 Å². The van der Waals surface area contributed by atoms with Gasteiger partial charge >= 0.3 is 22.3 Å². The molecule has 0 bridgehead atoms. The highest BCUT2D eigenvalue weighted by molar-refractivity contribution is 7.86. The molecule has 2 aromatic carbocycles. The van der Waals surface area contributed by atoms with Gasteiger partial charge in [0.2, 0.25) is 0 Å². The molecule has 0 amide bonds. The third kappa shape index (κ3) is 6.84. The van der Waals surface area contributed by atoms with Crippen molar-refractivity contribution in [2.75, 3.05) is 13.2 Å². The van der Waals surface area contributed by atoms with Gasteiger partial charge in [0.1, 0.15) is 23.9 Å². The Hall–Kier alpha value is -3.34. The molecule has 0 aliphatic heterocycles. The molecule has 0 radical (unpaired) electrons. The van der Waals surface area contributed by atoms with Gasteiger partial charge in [0.25, 0.3) is 0 Å². The first kappa shape index (κ1) is 24.9. The van der Waals surface area contributed by atoms with Crippen LogP contribution in [0.15, 0.2) is 70.7 Å². The summed E-state index contributed by atoms with van der Waals surface area (Å²) < 4.78 is 79.3. The van der Waals surface area contributed by atoms with Crippen LogP contribution in [0.4, 0.5) is 13.2 Å². The van der Waals surface area contributed by atoms with Gasteiger partial charge in [-0.1, -0.05) is 29.9 Å². The highest BCUT2D eigenvalue weighted by Gasteiger charge is 2.38. The van der Waals surface area contributed by atoms with E-state index in [-0.39, 0.29) is 29.4 Å². The second kappa shape index (κ2) is 10.3. The molecule has 0 saturated heterocycles. The molecule has 2 aromatic rings.